The van der Waals surface area contributed by atoms with Gasteiger partial charge in [-0.1, -0.05) is 29.8 Å². The van der Waals surface area contributed by atoms with E-state index >= 15 is 0 Å². The van der Waals surface area contributed by atoms with Crippen LogP contribution in [0.4, 0.5) is 5.82 Å². The Morgan fingerprint density at radius 3 is 2.47 bits per heavy atom. The summed E-state index contributed by atoms with van der Waals surface area (Å²) in [6.45, 7) is 8.97. The highest BCUT2D eigenvalue weighted by molar-refractivity contribution is 5.98. The van der Waals surface area contributed by atoms with Crippen molar-refractivity contribution in [2.75, 3.05) is 31.9 Å². The number of piperidine rings is 2. The molecule has 0 unspecified atom stereocenters. The summed E-state index contributed by atoms with van der Waals surface area (Å²) in [6, 6.07) is 8.77. The Balaban J connectivity index is 1.45. The number of benzene rings is 1. The number of anilines is 1. The third-order valence-corrected chi connectivity index (χ3v) is 7.10. The van der Waals surface area contributed by atoms with Crippen molar-refractivity contribution < 1.29 is 0 Å². The lowest BCUT2D eigenvalue weighted by atomic mass is 9.86. The minimum atomic E-state index is 0.321. The molecule has 2 saturated heterocycles. The second-order valence-corrected chi connectivity index (χ2v) is 9.08. The maximum Gasteiger partial charge on any atom is 0.164 e. The fraction of sp³-hybridized carbons (Fsp3) is 0.522. The molecule has 0 bridgehead atoms. The molecule has 2 fully saturated rings. The Labute approximate surface area is 177 Å². The molecule has 158 valence electrons. The zero-order valence-electron chi connectivity index (χ0n) is 17.9. The molecule has 2 aliphatic heterocycles. The van der Waals surface area contributed by atoms with Crippen LogP contribution in [0.2, 0.25) is 0 Å². The average Bonchev–Trinajstić information content (AvgIpc) is 3.16. The van der Waals surface area contributed by atoms with Crippen molar-refractivity contribution in [1.82, 2.24) is 30.0 Å². The molecule has 0 radical (unpaired) electrons. The monoisotopic (exact) mass is 405 g/mol. The molecule has 2 aromatic heterocycles. The number of likely N-dealkylation sites (tertiary alicyclic amines) is 1. The second-order valence-electron chi connectivity index (χ2n) is 9.08. The smallest absolute Gasteiger partial charge is 0.164 e. The number of nitrogens with one attached hydrogen (secondary N) is 1. The van der Waals surface area contributed by atoms with E-state index in [4.69, 9.17) is 10.8 Å². The Morgan fingerprint density at radius 2 is 1.77 bits per heavy atom. The van der Waals surface area contributed by atoms with Crippen LogP contribution in [0.3, 0.4) is 0 Å². The van der Waals surface area contributed by atoms with Gasteiger partial charge in [0.15, 0.2) is 5.65 Å². The van der Waals surface area contributed by atoms with Gasteiger partial charge in [0.2, 0.25) is 0 Å². The molecule has 0 saturated carbocycles. The van der Waals surface area contributed by atoms with E-state index in [-0.39, 0.29) is 0 Å². The predicted octanol–water partition coefficient (Wildman–Crippen LogP) is 3.16. The highest BCUT2D eigenvalue weighted by Gasteiger charge is 2.36. The van der Waals surface area contributed by atoms with Crippen LogP contribution in [0.5, 0.6) is 0 Å². The first-order chi connectivity index (χ1) is 14.5. The fourth-order valence-electron chi connectivity index (χ4n) is 5.10. The maximum atomic E-state index is 6.29. The van der Waals surface area contributed by atoms with Crippen LogP contribution in [-0.2, 0) is 0 Å². The number of aryl methyl sites for hydroxylation is 1. The van der Waals surface area contributed by atoms with Crippen molar-refractivity contribution in [3.8, 4) is 11.3 Å². The van der Waals surface area contributed by atoms with Gasteiger partial charge in [-0.05, 0) is 52.6 Å². The number of nitrogen functional groups attached to an aromatic ring is 1. The highest BCUT2D eigenvalue weighted by Crippen LogP contribution is 2.36. The van der Waals surface area contributed by atoms with Gasteiger partial charge in [-0.15, -0.1) is 0 Å². The van der Waals surface area contributed by atoms with Gasteiger partial charge in [-0.2, -0.15) is 5.10 Å². The van der Waals surface area contributed by atoms with Crippen molar-refractivity contribution >= 4 is 16.9 Å². The molecule has 3 aromatic rings. The predicted molar refractivity (Wildman–Crippen MR) is 120 cm³/mol. The fourth-order valence-corrected chi connectivity index (χ4v) is 5.10. The van der Waals surface area contributed by atoms with Gasteiger partial charge >= 0.3 is 0 Å². The van der Waals surface area contributed by atoms with Crippen LogP contribution >= 0.6 is 0 Å². The van der Waals surface area contributed by atoms with Crippen LogP contribution in [0.15, 0.2) is 30.6 Å². The van der Waals surface area contributed by atoms with Crippen molar-refractivity contribution in [2.24, 2.45) is 0 Å². The van der Waals surface area contributed by atoms with Crippen molar-refractivity contribution in [2.45, 2.75) is 51.1 Å². The normalized spacial score (nSPS) is 20.6. The third kappa shape index (κ3) is 3.36. The molecular weight excluding hydrogens is 374 g/mol. The van der Waals surface area contributed by atoms with Gasteiger partial charge in [0.1, 0.15) is 17.8 Å². The van der Waals surface area contributed by atoms with E-state index in [2.05, 4.69) is 63.0 Å². The molecule has 4 heterocycles. The third-order valence-electron chi connectivity index (χ3n) is 7.10. The standard InChI is InChI=1S/C23H31N7/c1-16-3-5-17(6-4-16)20-19-21(24)26-15-27-22(19)30(28-20)18-7-13-29(14-8-18)23(2)9-11-25-12-10-23/h3-6,15,18,25H,7-14H2,1-2H3,(H2,24,26,27). The largest absolute Gasteiger partial charge is 0.383 e. The molecule has 7 heteroatoms. The number of nitrogens with zero attached hydrogens (tertiary/aromatic N) is 5. The molecule has 7 nitrogen and oxygen atoms in total. The number of nitrogens with two attached hydrogens (primary N) is 1. The summed E-state index contributed by atoms with van der Waals surface area (Å²) in [5.74, 6) is 0.501. The van der Waals surface area contributed by atoms with Crippen LogP contribution in [0, 0.1) is 6.92 Å². The summed E-state index contributed by atoms with van der Waals surface area (Å²) in [7, 11) is 0. The van der Waals surface area contributed by atoms with Gasteiger partial charge in [0.05, 0.1) is 11.4 Å². The first-order valence-corrected chi connectivity index (χ1v) is 11.1. The maximum absolute atomic E-state index is 6.29. The Morgan fingerprint density at radius 1 is 1.07 bits per heavy atom. The zero-order valence-corrected chi connectivity index (χ0v) is 17.9. The Bertz CT molecular complexity index is 1030. The summed E-state index contributed by atoms with van der Waals surface area (Å²) in [4.78, 5) is 11.5. The molecule has 0 amide bonds. The minimum absolute atomic E-state index is 0.321. The van der Waals surface area contributed by atoms with E-state index in [9.17, 15) is 0 Å². The van der Waals surface area contributed by atoms with E-state index in [1.807, 2.05) is 0 Å². The van der Waals surface area contributed by atoms with E-state index < -0.39 is 0 Å². The molecule has 1 aromatic carbocycles. The zero-order chi connectivity index (χ0) is 20.7. The van der Waals surface area contributed by atoms with Gasteiger partial charge < -0.3 is 11.1 Å². The van der Waals surface area contributed by atoms with E-state index in [1.165, 1.54) is 18.4 Å². The average molecular weight is 406 g/mol. The van der Waals surface area contributed by atoms with Crippen LogP contribution in [0.25, 0.3) is 22.3 Å². The van der Waals surface area contributed by atoms with Crippen molar-refractivity contribution in [3.63, 3.8) is 0 Å². The number of hydrogen-bond acceptors (Lipinski definition) is 6. The minimum Gasteiger partial charge on any atom is -0.383 e. The topological polar surface area (TPSA) is 84.9 Å². The summed E-state index contributed by atoms with van der Waals surface area (Å²) >= 11 is 0. The quantitative estimate of drug-likeness (QED) is 0.696. The molecule has 0 aliphatic carbocycles. The van der Waals surface area contributed by atoms with Gasteiger partial charge in [0.25, 0.3) is 0 Å². The van der Waals surface area contributed by atoms with Crippen molar-refractivity contribution in [3.05, 3.63) is 36.2 Å². The molecule has 30 heavy (non-hydrogen) atoms. The van der Waals surface area contributed by atoms with E-state index in [0.29, 0.717) is 17.4 Å². The lowest BCUT2D eigenvalue weighted by Crippen LogP contribution is -2.55. The highest BCUT2D eigenvalue weighted by atomic mass is 15.3. The summed E-state index contributed by atoms with van der Waals surface area (Å²) in [5.41, 5.74) is 10.6. The molecular formula is C23H31N7. The first kappa shape index (κ1) is 19.5. The summed E-state index contributed by atoms with van der Waals surface area (Å²) in [5, 5.41) is 9.40. The van der Waals surface area contributed by atoms with Crippen LogP contribution < -0.4 is 11.1 Å². The van der Waals surface area contributed by atoms with Gasteiger partial charge in [-0.3, -0.25) is 4.90 Å². The van der Waals surface area contributed by atoms with E-state index in [0.717, 1.165) is 61.3 Å². The van der Waals surface area contributed by atoms with Crippen LogP contribution in [-0.4, -0.2) is 56.4 Å². The molecule has 3 N–H and O–H groups in total. The first-order valence-electron chi connectivity index (χ1n) is 11.1. The van der Waals surface area contributed by atoms with Gasteiger partial charge in [-0.25, -0.2) is 14.6 Å². The molecule has 0 spiro atoms. The molecule has 5 rings (SSSR count). The molecule has 2 aliphatic rings. The van der Waals surface area contributed by atoms with E-state index in [1.54, 1.807) is 6.33 Å². The van der Waals surface area contributed by atoms with Crippen molar-refractivity contribution in [1.29, 1.82) is 0 Å². The summed E-state index contributed by atoms with van der Waals surface area (Å²) in [6.07, 6.45) is 6.17. The lowest BCUT2D eigenvalue weighted by molar-refractivity contribution is 0.0397. The van der Waals surface area contributed by atoms with Crippen LogP contribution in [0.1, 0.15) is 44.2 Å². The number of rotatable bonds is 3. The number of aromatic nitrogens is 4. The Hall–Kier alpha value is -2.51. The lowest BCUT2D eigenvalue weighted by Gasteiger charge is -2.47. The molecule has 0 atom stereocenters. The SMILES string of the molecule is Cc1ccc(-c2nn(C3CCN(C4(C)CCNCC4)CC3)c3ncnc(N)c23)cc1. The summed E-state index contributed by atoms with van der Waals surface area (Å²) < 4.78 is 2.12. The van der Waals surface area contributed by atoms with Gasteiger partial charge in [0, 0.05) is 24.2 Å². The number of hydrogen-bond donors (Lipinski definition) is 2. The Kier molecular flexibility index (Phi) is 4.95. The second kappa shape index (κ2) is 7.63. The number of fused-ring (bicyclic) bond motifs is 1.